The van der Waals surface area contributed by atoms with Gasteiger partial charge in [-0.25, -0.2) is 0 Å². The van der Waals surface area contributed by atoms with Crippen LogP contribution in [0.4, 0.5) is 0 Å². The van der Waals surface area contributed by atoms with E-state index in [1.54, 1.807) is 6.20 Å². The van der Waals surface area contributed by atoms with Crippen molar-refractivity contribution in [2.45, 2.75) is 18.9 Å². The van der Waals surface area contributed by atoms with Gasteiger partial charge in [0, 0.05) is 31.1 Å². The van der Waals surface area contributed by atoms with Crippen molar-refractivity contribution in [2.75, 3.05) is 31.3 Å². The molecule has 0 spiro atoms. The Bertz CT molecular complexity index is 492. The summed E-state index contributed by atoms with van der Waals surface area (Å²) in [6.45, 7) is 2.64. The number of carbonyl (C=O) groups is 1. The van der Waals surface area contributed by atoms with E-state index in [9.17, 15) is 4.79 Å². The fourth-order valence-electron chi connectivity index (χ4n) is 3.35. The largest absolute Gasteiger partial charge is 0.332 e. The molecular formula is C16H24N4OS. The highest BCUT2D eigenvalue weighted by molar-refractivity contribution is 7.99. The molecule has 6 heteroatoms. The number of amides is 1. The molecule has 120 valence electrons. The minimum Gasteiger partial charge on any atom is -0.332 e. The number of pyridine rings is 1. The molecule has 0 saturated carbocycles. The smallest absolute Gasteiger partial charge is 0.227 e. The molecular weight excluding hydrogens is 296 g/mol. The first-order valence-electron chi connectivity index (χ1n) is 7.99. The van der Waals surface area contributed by atoms with Crippen molar-refractivity contribution in [1.29, 1.82) is 0 Å². The van der Waals surface area contributed by atoms with E-state index in [0.717, 1.165) is 49.8 Å². The van der Waals surface area contributed by atoms with Gasteiger partial charge in [0.25, 0.3) is 0 Å². The topological polar surface area (TPSA) is 71.2 Å². The lowest BCUT2D eigenvalue weighted by Gasteiger charge is -2.34. The first-order valence-corrected chi connectivity index (χ1v) is 9.15. The van der Waals surface area contributed by atoms with Crippen LogP contribution in [0.5, 0.6) is 0 Å². The van der Waals surface area contributed by atoms with E-state index in [0.29, 0.717) is 11.8 Å². The minimum atomic E-state index is -0.0902. The van der Waals surface area contributed by atoms with Crippen LogP contribution in [0.3, 0.4) is 0 Å². The van der Waals surface area contributed by atoms with Crippen molar-refractivity contribution in [3.05, 3.63) is 30.1 Å². The Labute approximate surface area is 136 Å². The molecule has 3 rings (SSSR count). The standard InChI is InChI=1S/C16H24N4OS/c17-14(15-3-1-2-5-19-15)9-12-4-6-18-10-13(12)16(21)20-7-8-22-11-20/h1-3,5,12-14,18H,4,6-11,17H2/t12-,13-,14?/m1/s1. The predicted molar refractivity (Wildman–Crippen MR) is 89.3 cm³/mol. The van der Waals surface area contributed by atoms with Crippen LogP contribution in [-0.2, 0) is 4.79 Å². The van der Waals surface area contributed by atoms with Crippen molar-refractivity contribution in [3.8, 4) is 0 Å². The molecule has 22 heavy (non-hydrogen) atoms. The first-order chi connectivity index (χ1) is 10.8. The quantitative estimate of drug-likeness (QED) is 0.873. The van der Waals surface area contributed by atoms with Crippen LogP contribution >= 0.6 is 11.8 Å². The molecule has 3 N–H and O–H groups in total. The molecule has 1 aromatic rings. The lowest BCUT2D eigenvalue weighted by atomic mass is 9.80. The Morgan fingerprint density at radius 3 is 3.18 bits per heavy atom. The summed E-state index contributed by atoms with van der Waals surface area (Å²) in [6.07, 6.45) is 3.62. The number of rotatable bonds is 4. The number of nitrogens with two attached hydrogens (primary N) is 1. The first kappa shape index (κ1) is 15.8. The van der Waals surface area contributed by atoms with Gasteiger partial charge in [-0.05, 0) is 37.4 Å². The van der Waals surface area contributed by atoms with Crippen molar-refractivity contribution in [2.24, 2.45) is 17.6 Å². The molecule has 2 aliphatic heterocycles. The van der Waals surface area contributed by atoms with E-state index in [1.807, 2.05) is 34.9 Å². The van der Waals surface area contributed by atoms with Gasteiger partial charge < -0.3 is 16.0 Å². The third-order valence-corrected chi connectivity index (χ3v) is 5.60. The third-order valence-electron chi connectivity index (χ3n) is 4.63. The monoisotopic (exact) mass is 320 g/mol. The zero-order valence-electron chi connectivity index (χ0n) is 12.8. The molecule has 1 unspecified atom stereocenters. The molecule has 0 bridgehead atoms. The summed E-state index contributed by atoms with van der Waals surface area (Å²) < 4.78 is 0. The Morgan fingerprint density at radius 1 is 1.55 bits per heavy atom. The maximum Gasteiger partial charge on any atom is 0.227 e. The fourth-order valence-corrected chi connectivity index (χ4v) is 4.30. The molecule has 5 nitrogen and oxygen atoms in total. The highest BCUT2D eigenvalue weighted by Gasteiger charge is 2.35. The summed E-state index contributed by atoms with van der Waals surface area (Å²) in [7, 11) is 0. The Hall–Kier alpha value is -1.11. The van der Waals surface area contributed by atoms with E-state index in [1.165, 1.54) is 0 Å². The van der Waals surface area contributed by atoms with Crippen molar-refractivity contribution >= 4 is 17.7 Å². The minimum absolute atomic E-state index is 0.0576. The normalized spacial score (nSPS) is 26.9. The molecule has 3 atom stereocenters. The number of nitrogens with zero attached hydrogens (tertiary/aromatic N) is 2. The van der Waals surface area contributed by atoms with E-state index in [4.69, 9.17) is 5.73 Å². The summed E-state index contributed by atoms with van der Waals surface area (Å²) in [5.74, 6) is 2.60. The summed E-state index contributed by atoms with van der Waals surface area (Å²) in [5, 5.41) is 3.37. The van der Waals surface area contributed by atoms with Crippen molar-refractivity contribution in [3.63, 3.8) is 0 Å². The second-order valence-electron chi connectivity index (χ2n) is 6.10. The number of hydrogen-bond acceptors (Lipinski definition) is 5. The molecule has 0 radical (unpaired) electrons. The molecule has 2 aliphatic rings. The molecule has 2 saturated heterocycles. The van der Waals surface area contributed by atoms with Gasteiger partial charge in [0.2, 0.25) is 5.91 Å². The Balaban J connectivity index is 1.65. The number of piperidine rings is 1. The van der Waals surface area contributed by atoms with Crippen LogP contribution in [-0.4, -0.2) is 47.1 Å². The van der Waals surface area contributed by atoms with Gasteiger partial charge >= 0.3 is 0 Å². The maximum absolute atomic E-state index is 12.7. The van der Waals surface area contributed by atoms with Gasteiger partial charge in [-0.15, -0.1) is 11.8 Å². The molecule has 0 aliphatic carbocycles. The van der Waals surface area contributed by atoms with E-state index in [-0.39, 0.29) is 12.0 Å². The van der Waals surface area contributed by atoms with Crippen LogP contribution in [0.15, 0.2) is 24.4 Å². The van der Waals surface area contributed by atoms with Crippen LogP contribution < -0.4 is 11.1 Å². The number of hydrogen-bond donors (Lipinski definition) is 2. The zero-order valence-corrected chi connectivity index (χ0v) is 13.6. The average Bonchev–Trinajstić information content (AvgIpc) is 3.10. The second-order valence-corrected chi connectivity index (χ2v) is 7.17. The lowest BCUT2D eigenvalue weighted by Crippen LogP contribution is -2.47. The Kier molecular flexibility index (Phi) is 5.33. The fraction of sp³-hybridized carbons (Fsp3) is 0.625. The van der Waals surface area contributed by atoms with Gasteiger partial charge in [-0.2, -0.15) is 0 Å². The average molecular weight is 320 g/mol. The third kappa shape index (κ3) is 3.62. The highest BCUT2D eigenvalue weighted by Crippen LogP contribution is 2.30. The van der Waals surface area contributed by atoms with E-state index in [2.05, 4.69) is 10.3 Å². The summed E-state index contributed by atoms with van der Waals surface area (Å²) in [6, 6.07) is 5.75. The number of aromatic nitrogens is 1. The molecule has 1 amide bonds. The van der Waals surface area contributed by atoms with Crippen molar-refractivity contribution < 1.29 is 4.79 Å². The summed E-state index contributed by atoms with van der Waals surface area (Å²) >= 11 is 1.84. The predicted octanol–water partition coefficient (Wildman–Crippen LogP) is 1.23. The molecule has 2 fully saturated rings. The SMILES string of the molecule is NC(C[C@H]1CCNC[C@H]1C(=O)N1CCSC1)c1ccccn1. The summed E-state index contributed by atoms with van der Waals surface area (Å²) in [4.78, 5) is 19.1. The van der Waals surface area contributed by atoms with Crippen LogP contribution in [0.2, 0.25) is 0 Å². The summed E-state index contributed by atoms with van der Waals surface area (Å²) in [5.41, 5.74) is 7.25. The zero-order chi connectivity index (χ0) is 15.4. The van der Waals surface area contributed by atoms with Crippen LogP contribution in [0.25, 0.3) is 0 Å². The maximum atomic E-state index is 12.7. The van der Waals surface area contributed by atoms with Gasteiger partial charge in [-0.1, -0.05) is 6.07 Å². The van der Waals surface area contributed by atoms with Crippen LogP contribution in [0.1, 0.15) is 24.6 Å². The van der Waals surface area contributed by atoms with E-state index < -0.39 is 0 Å². The van der Waals surface area contributed by atoms with E-state index >= 15 is 0 Å². The lowest BCUT2D eigenvalue weighted by molar-refractivity contribution is -0.136. The number of thioether (sulfide) groups is 1. The van der Waals surface area contributed by atoms with Crippen molar-refractivity contribution in [1.82, 2.24) is 15.2 Å². The van der Waals surface area contributed by atoms with Gasteiger partial charge in [0.15, 0.2) is 0 Å². The Morgan fingerprint density at radius 2 is 2.45 bits per heavy atom. The van der Waals surface area contributed by atoms with Gasteiger partial charge in [0.05, 0.1) is 17.5 Å². The second kappa shape index (κ2) is 7.44. The molecule has 0 aromatic carbocycles. The van der Waals surface area contributed by atoms with Gasteiger partial charge in [0.1, 0.15) is 0 Å². The number of carbonyl (C=O) groups excluding carboxylic acids is 1. The van der Waals surface area contributed by atoms with Gasteiger partial charge in [-0.3, -0.25) is 9.78 Å². The number of nitrogens with one attached hydrogen (secondary N) is 1. The highest BCUT2D eigenvalue weighted by atomic mass is 32.2. The molecule has 1 aromatic heterocycles. The van der Waals surface area contributed by atoms with Crippen LogP contribution in [0, 0.1) is 11.8 Å². The molecule has 3 heterocycles.